The number of nitrogens with one attached hydrogen (secondary N) is 3. The molecule has 1 aliphatic rings. The van der Waals surface area contributed by atoms with Crippen molar-refractivity contribution in [2.75, 3.05) is 37.4 Å². The molecule has 3 aromatic rings. The average Bonchev–Trinajstić information content (AvgIpc) is 3.53. The second kappa shape index (κ2) is 8.56. The number of fused-ring (bicyclic) bond motifs is 1. The molecule has 2 aromatic carbocycles. The quantitative estimate of drug-likeness (QED) is 0.435. The van der Waals surface area contributed by atoms with Gasteiger partial charge < -0.3 is 19.4 Å². The van der Waals surface area contributed by atoms with Crippen LogP contribution in [0.2, 0.25) is 0 Å². The molecule has 4 rings (SSSR count). The molecule has 0 spiro atoms. The largest absolute Gasteiger partial charge is 0.379 e. The number of benzene rings is 2. The van der Waals surface area contributed by atoms with Crippen LogP contribution in [0.1, 0.15) is 12.8 Å². The smallest absolute Gasteiger partial charge is 0.339 e. The minimum atomic E-state index is -3.99. The lowest BCUT2D eigenvalue weighted by Gasteiger charge is -2.19. The first-order valence-corrected chi connectivity index (χ1v) is 11.5. The third-order valence-electron chi connectivity index (χ3n) is 5.11. The summed E-state index contributed by atoms with van der Waals surface area (Å²) >= 11 is 0. The Morgan fingerprint density at radius 1 is 1.23 bits per heavy atom. The molecule has 3 N–H and O–H groups in total. The van der Waals surface area contributed by atoms with Gasteiger partial charge in [0.1, 0.15) is 10.6 Å². The summed E-state index contributed by atoms with van der Waals surface area (Å²) < 4.78 is 30.7. The van der Waals surface area contributed by atoms with Crippen LogP contribution in [-0.4, -0.2) is 51.5 Å². The Kier molecular flexibility index (Phi) is 5.84. The molecule has 0 aliphatic heterocycles. The molecule has 1 aromatic heterocycles. The van der Waals surface area contributed by atoms with Crippen molar-refractivity contribution >= 4 is 38.7 Å². The van der Waals surface area contributed by atoms with E-state index in [1.807, 2.05) is 19.0 Å². The number of carbonyl (C=O) groups excluding carboxylic acids is 1. The molecule has 0 radical (unpaired) electrons. The maximum Gasteiger partial charge on any atom is 0.339 e. The molecule has 10 heteroatoms. The van der Waals surface area contributed by atoms with E-state index in [1.165, 1.54) is 18.2 Å². The normalized spacial score (nSPS) is 13.9. The second-order valence-corrected chi connectivity index (χ2v) is 9.13. The number of carbonyl (C=O) groups is 1. The highest BCUT2D eigenvalue weighted by Gasteiger charge is 2.30. The molecule has 1 fully saturated rings. The maximum atomic E-state index is 12.7. The van der Waals surface area contributed by atoms with Crippen LogP contribution in [0.3, 0.4) is 0 Å². The van der Waals surface area contributed by atoms with Gasteiger partial charge in [0.05, 0.1) is 11.0 Å². The fraction of sp³-hybridized carbons (Fsp3) is 0.333. The molecular weight excluding hydrogens is 418 g/mol. The first-order chi connectivity index (χ1) is 14.9. The second-order valence-electron chi connectivity index (χ2n) is 7.58. The van der Waals surface area contributed by atoms with Crippen LogP contribution in [0.4, 0.5) is 11.6 Å². The Morgan fingerprint density at radius 2 is 1.97 bits per heavy atom. The van der Waals surface area contributed by atoms with Crippen LogP contribution in [0.25, 0.3) is 11.0 Å². The summed E-state index contributed by atoms with van der Waals surface area (Å²) in [5.74, 6) is 0.501. The van der Waals surface area contributed by atoms with Crippen molar-refractivity contribution in [3.05, 3.63) is 42.5 Å². The van der Waals surface area contributed by atoms with Gasteiger partial charge in [0, 0.05) is 37.8 Å². The zero-order valence-electron chi connectivity index (χ0n) is 17.4. The minimum Gasteiger partial charge on any atom is -0.379 e. The molecule has 0 saturated heterocycles. The Balaban J connectivity index is 1.47. The number of H-pyrrole nitrogens is 1. The predicted molar refractivity (Wildman–Crippen MR) is 119 cm³/mol. The lowest BCUT2D eigenvalue weighted by Crippen LogP contribution is -2.27. The van der Waals surface area contributed by atoms with E-state index in [1.54, 1.807) is 24.3 Å². The van der Waals surface area contributed by atoms with Gasteiger partial charge in [0.15, 0.2) is 0 Å². The number of nitrogens with zero attached hydrogens (tertiary/aromatic N) is 2. The van der Waals surface area contributed by atoms with Crippen LogP contribution >= 0.6 is 0 Å². The van der Waals surface area contributed by atoms with Crippen molar-refractivity contribution in [2.45, 2.75) is 17.7 Å². The van der Waals surface area contributed by atoms with Crippen LogP contribution in [-0.2, 0) is 14.9 Å². The Hall–Kier alpha value is -3.11. The highest BCUT2D eigenvalue weighted by molar-refractivity contribution is 7.87. The van der Waals surface area contributed by atoms with Gasteiger partial charge in [-0.05, 0) is 56.3 Å². The van der Waals surface area contributed by atoms with E-state index in [-0.39, 0.29) is 22.5 Å². The zero-order chi connectivity index (χ0) is 22.0. The topological polar surface area (TPSA) is 116 Å². The molecule has 9 nitrogen and oxygen atoms in total. The van der Waals surface area contributed by atoms with Gasteiger partial charge in [-0.15, -0.1) is 0 Å². The van der Waals surface area contributed by atoms with Gasteiger partial charge in [-0.3, -0.25) is 10.1 Å². The first kappa shape index (κ1) is 21.1. The molecule has 0 unspecified atom stereocenters. The molecule has 0 bridgehead atoms. The van der Waals surface area contributed by atoms with Crippen molar-refractivity contribution in [1.29, 1.82) is 0 Å². The van der Waals surface area contributed by atoms with Crippen LogP contribution in [0.5, 0.6) is 5.75 Å². The third-order valence-corrected chi connectivity index (χ3v) is 6.37. The summed E-state index contributed by atoms with van der Waals surface area (Å²) in [7, 11) is -0.167. The summed E-state index contributed by atoms with van der Waals surface area (Å²) in [5.41, 5.74) is 2.08. The predicted octanol–water partition coefficient (Wildman–Crippen LogP) is 2.33. The fourth-order valence-electron chi connectivity index (χ4n) is 3.11. The molecular formula is C21H25N5O4S. The van der Waals surface area contributed by atoms with Gasteiger partial charge in [0.2, 0.25) is 11.9 Å². The van der Waals surface area contributed by atoms with Crippen LogP contribution in [0.15, 0.2) is 47.4 Å². The Bertz CT molecular complexity index is 1190. The fourth-order valence-corrected chi connectivity index (χ4v) is 4.04. The van der Waals surface area contributed by atoms with Crippen LogP contribution < -0.4 is 19.7 Å². The monoisotopic (exact) mass is 443 g/mol. The molecule has 1 aliphatic carbocycles. The lowest BCUT2D eigenvalue weighted by atomic mass is 10.3. The zero-order valence-corrected chi connectivity index (χ0v) is 18.2. The lowest BCUT2D eigenvalue weighted by molar-refractivity contribution is -0.117. The van der Waals surface area contributed by atoms with E-state index in [4.69, 9.17) is 4.18 Å². The highest BCUT2D eigenvalue weighted by Crippen LogP contribution is 2.30. The highest BCUT2D eigenvalue weighted by atomic mass is 32.2. The Labute approximate surface area is 180 Å². The third kappa shape index (κ3) is 4.97. The standard InChI is InChI=1S/C21H25N5O4S/c1-22-11-12-26(2)15-5-8-17(9-6-15)31(28,29)30-16-7-10-18-19(13-16)24-21(23-18)25-20(27)14-3-4-14/h5-10,13-14,22H,3-4,11-12H2,1-2H3,(H2,23,24,25,27). The number of aromatic nitrogens is 2. The van der Waals surface area contributed by atoms with Crippen molar-refractivity contribution < 1.29 is 17.4 Å². The average molecular weight is 444 g/mol. The molecule has 0 atom stereocenters. The first-order valence-electron chi connectivity index (χ1n) is 10.1. The Morgan fingerprint density at radius 3 is 2.65 bits per heavy atom. The van der Waals surface area contributed by atoms with Gasteiger partial charge in [-0.2, -0.15) is 8.42 Å². The van der Waals surface area contributed by atoms with Crippen molar-refractivity contribution in [1.82, 2.24) is 15.3 Å². The van der Waals surface area contributed by atoms with Crippen LogP contribution in [0, 0.1) is 5.92 Å². The van der Waals surface area contributed by atoms with Gasteiger partial charge in [-0.1, -0.05) is 0 Å². The van der Waals surface area contributed by atoms with E-state index >= 15 is 0 Å². The summed E-state index contributed by atoms with van der Waals surface area (Å²) in [6.07, 6.45) is 1.80. The number of amides is 1. The number of rotatable bonds is 9. The summed E-state index contributed by atoms with van der Waals surface area (Å²) in [4.78, 5) is 21.3. The van der Waals surface area contributed by atoms with Gasteiger partial charge in [0.25, 0.3) is 0 Å². The number of hydrogen-bond acceptors (Lipinski definition) is 7. The summed E-state index contributed by atoms with van der Waals surface area (Å²) in [6.45, 7) is 1.62. The molecule has 1 heterocycles. The molecule has 164 valence electrons. The van der Waals surface area contributed by atoms with Crippen molar-refractivity contribution in [3.8, 4) is 5.75 Å². The van der Waals surface area contributed by atoms with E-state index in [9.17, 15) is 13.2 Å². The summed E-state index contributed by atoms with van der Waals surface area (Å²) in [5, 5.41) is 5.82. The molecule has 1 saturated carbocycles. The van der Waals surface area contributed by atoms with Crippen molar-refractivity contribution in [3.63, 3.8) is 0 Å². The van der Waals surface area contributed by atoms with E-state index < -0.39 is 10.1 Å². The maximum absolute atomic E-state index is 12.7. The number of likely N-dealkylation sites (N-methyl/N-ethyl adjacent to an activating group) is 2. The number of hydrogen-bond donors (Lipinski definition) is 3. The van der Waals surface area contributed by atoms with E-state index in [0.29, 0.717) is 17.0 Å². The van der Waals surface area contributed by atoms with E-state index in [2.05, 4.69) is 20.6 Å². The number of aromatic amines is 1. The number of anilines is 2. The number of imidazole rings is 1. The molecule has 1 amide bonds. The minimum absolute atomic E-state index is 0.0573. The van der Waals surface area contributed by atoms with Gasteiger partial charge >= 0.3 is 10.1 Å². The summed E-state index contributed by atoms with van der Waals surface area (Å²) in [6, 6.07) is 11.3. The van der Waals surface area contributed by atoms with Gasteiger partial charge in [-0.25, -0.2) is 4.98 Å². The van der Waals surface area contributed by atoms with E-state index in [0.717, 1.165) is 31.6 Å². The SMILES string of the molecule is CNCCN(C)c1ccc(S(=O)(=O)Oc2ccc3nc(NC(=O)C4CC4)[nH]c3c2)cc1. The molecule has 31 heavy (non-hydrogen) atoms. The van der Waals surface area contributed by atoms with Crippen molar-refractivity contribution in [2.24, 2.45) is 5.92 Å².